The average Bonchev–Trinajstić information content (AvgIpc) is 2.37. The molecule has 0 N–H and O–H groups in total. The number of halogens is 3. The molecule has 1 aromatic rings. The number of carbonyl (C=O) groups is 1. The lowest BCUT2D eigenvalue weighted by atomic mass is 9.99. The number of hydrogen-bond acceptors (Lipinski definition) is 1. The summed E-state index contributed by atoms with van der Waals surface area (Å²) in [5, 5.41) is 0.966. The van der Waals surface area contributed by atoms with Gasteiger partial charge in [-0.2, -0.15) is 0 Å². The summed E-state index contributed by atoms with van der Waals surface area (Å²) in [5.74, 6) is 0.966. The van der Waals surface area contributed by atoms with Crippen LogP contribution in [0.1, 0.15) is 23.2 Å². The van der Waals surface area contributed by atoms with E-state index in [1.807, 2.05) is 4.90 Å². The van der Waals surface area contributed by atoms with Crippen LogP contribution in [-0.2, 0) is 0 Å². The topological polar surface area (TPSA) is 20.3 Å². The molecule has 98 valence electrons. The van der Waals surface area contributed by atoms with E-state index in [0.29, 0.717) is 34.0 Å². The summed E-state index contributed by atoms with van der Waals surface area (Å²) in [6, 6.07) is 4.93. The first-order valence-electron chi connectivity index (χ1n) is 5.91. The standard InChI is InChI=1S/C13H14Cl3NO/c14-7-9-2-1-3-17(8-9)13(18)10-4-11(15)6-12(16)5-10/h4-6,9H,1-3,7-8H2. The van der Waals surface area contributed by atoms with Crippen molar-refractivity contribution in [2.45, 2.75) is 12.8 Å². The minimum absolute atomic E-state index is 0.0192. The van der Waals surface area contributed by atoms with E-state index < -0.39 is 0 Å². The summed E-state index contributed by atoms with van der Waals surface area (Å²) in [6.45, 7) is 1.49. The van der Waals surface area contributed by atoms with Crippen molar-refractivity contribution in [2.75, 3.05) is 19.0 Å². The second kappa shape index (κ2) is 6.14. The normalized spacial score (nSPS) is 19.9. The van der Waals surface area contributed by atoms with Gasteiger partial charge in [0.1, 0.15) is 0 Å². The Balaban J connectivity index is 2.15. The Morgan fingerprint density at radius 3 is 2.56 bits per heavy atom. The average molecular weight is 307 g/mol. The predicted molar refractivity (Wildman–Crippen MR) is 75.8 cm³/mol. The first kappa shape index (κ1) is 14.0. The number of likely N-dealkylation sites (tertiary alicyclic amines) is 1. The maximum absolute atomic E-state index is 12.3. The molecule has 1 aliphatic heterocycles. The van der Waals surface area contributed by atoms with E-state index in [4.69, 9.17) is 34.8 Å². The van der Waals surface area contributed by atoms with Gasteiger partial charge in [0, 0.05) is 34.6 Å². The summed E-state index contributed by atoms with van der Waals surface area (Å²) >= 11 is 17.7. The van der Waals surface area contributed by atoms with Gasteiger partial charge in [-0.3, -0.25) is 4.79 Å². The Kier molecular flexibility index (Phi) is 4.77. The van der Waals surface area contributed by atoms with Gasteiger partial charge in [-0.15, -0.1) is 11.6 Å². The monoisotopic (exact) mass is 305 g/mol. The molecule has 0 bridgehead atoms. The third-order valence-electron chi connectivity index (χ3n) is 3.13. The lowest BCUT2D eigenvalue weighted by Gasteiger charge is -2.32. The minimum atomic E-state index is -0.0192. The van der Waals surface area contributed by atoms with E-state index in [0.717, 1.165) is 19.4 Å². The lowest BCUT2D eigenvalue weighted by molar-refractivity contribution is 0.0685. The third-order valence-corrected chi connectivity index (χ3v) is 4.01. The summed E-state index contributed by atoms with van der Waals surface area (Å²) < 4.78 is 0. The van der Waals surface area contributed by atoms with Crippen LogP contribution in [0, 0.1) is 5.92 Å². The Labute approximate surface area is 122 Å². The first-order chi connectivity index (χ1) is 8.60. The van der Waals surface area contributed by atoms with Gasteiger partial charge in [0.05, 0.1) is 0 Å². The maximum atomic E-state index is 12.3. The molecular weight excluding hydrogens is 293 g/mol. The molecule has 5 heteroatoms. The van der Waals surface area contributed by atoms with E-state index in [-0.39, 0.29) is 5.91 Å². The van der Waals surface area contributed by atoms with Crippen LogP contribution < -0.4 is 0 Å². The van der Waals surface area contributed by atoms with Crippen molar-refractivity contribution in [2.24, 2.45) is 5.92 Å². The Bertz CT molecular complexity index is 430. The fraction of sp³-hybridized carbons (Fsp3) is 0.462. The molecule has 18 heavy (non-hydrogen) atoms. The largest absolute Gasteiger partial charge is 0.338 e. The van der Waals surface area contributed by atoms with Gasteiger partial charge in [-0.05, 0) is 37.0 Å². The van der Waals surface area contributed by atoms with Crippen LogP contribution in [0.2, 0.25) is 10.0 Å². The fourth-order valence-corrected chi connectivity index (χ4v) is 3.01. The smallest absolute Gasteiger partial charge is 0.253 e. The fourth-order valence-electron chi connectivity index (χ4n) is 2.24. The molecule has 0 aliphatic carbocycles. The van der Waals surface area contributed by atoms with Crippen LogP contribution in [0.25, 0.3) is 0 Å². The van der Waals surface area contributed by atoms with Gasteiger partial charge in [-0.1, -0.05) is 23.2 Å². The second-order valence-electron chi connectivity index (χ2n) is 4.57. The highest BCUT2D eigenvalue weighted by atomic mass is 35.5. The Hall–Kier alpha value is -0.440. The molecule has 1 amide bonds. The number of piperidine rings is 1. The molecule has 1 fully saturated rings. The second-order valence-corrected chi connectivity index (χ2v) is 5.75. The SMILES string of the molecule is O=C(c1cc(Cl)cc(Cl)c1)N1CCCC(CCl)C1. The number of amides is 1. The molecule has 2 nitrogen and oxygen atoms in total. The molecule has 1 saturated heterocycles. The van der Waals surface area contributed by atoms with Gasteiger partial charge >= 0.3 is 0 Å². The van der Waals surface area contributed by atoms with Crippen LogP contribution in [0.15, 0.2) is 18.2 Å². The van der Waals surface area contributed by atoms with Crippen molar-refractivity contribution in [3.63, 3.8) is 0 Å². The van der Waals surface area contributed by atoms with Crippen molar-refractivity contribution in [3.8, 4) is 0 Å². The van der Waals surface area contributed by atoms with E-state index >= 15 is 0 Å². The predicted octanol–water partition coefficient (Wildman–Crippen LogP) is 4.08. The number of benzene rings is 1. The summed E-state index contributed by atoms with van der Waals surface area (Å²) in [5.41, 5.74) is 0.544. The van der Waals surface area contributed by atoms with Crippen molar-refractivity contribution in [1.29, 1.82) is 0 Å². The molecule has 1 unspecified atom stereocenters. The van der Waals surface area contributed by atoms with Gasteiger partial charge in [0.15, 0.2) is 0 Å². The lowest BCUT2D eigenvalue weighted by Crippen LogP contribution is -2.40. The van der Waals surface area contributed by atoms with E-state index in [1.165, 1.54) is 0 Å². The highest BCUT2D eigenvalue weighted by Gasteiger charge is 2.24. The zero-order chi connectivity index (χ0) is 13.1. The number of carbonyl (C=O) groups excluding carboxylic acids is 1. The maximum Gasteiger partial charge on any atom is 0.253 e. The molecular formula is C13H14Cl3NO. The zero-order valence-corrected chi connectivity index (χ0v) is 12.1. The Morgan fingerprint density at radius 1 is 1.28 bits per heavy atom. The van der Waals surface area contributed by atoms with Crippen LogP contribution in [-0.4, -0.2) is 29.8 Å². The van der Waals surface area contributed by atoms with Crippen LogP contribution >= 0.6 is 34.8 Å². The van der Waals surface area contributed by atoms with Crippen molar-refractivity contribution >= 4 is 40.7 Å². The highest BCUT2D eigenvalue weighted by Crippen LogP contribution is 2.23. The quantitative estimate of drug-likeness (QED) is 0.754. The molecule has 1 heterocycles. The van der Waals surface area contributed by atoms with Crippen molar-refractivity contribution < 1.29 is 4.79 Å². The molecule has 1 atom stereocenters. The number of hydrogen-bond donors (Lipinski definition) is 0. The minimum Gasteiger partial charge on any atom is -0.338 e. The van der Waals surface area contributed by atoms with E-state index in [2.05, 4.69) is 0 Å². The number of nitrogens with zero attached hydrogens (tertiary/aromatic N) is 1. The van der Waals surface area contributed by atoms with Gasteiger partial charge < -0.3 is 4.90 Å². The summed E-state index contributed by atoms with van der Waals surface area (Å²) in [7, 11) is 0. The molecule has 0 spiro atoms. The molecule has 2 rings (SSSR count). The summed E-state index contributed by atoms with van der Waals surface area (Å²) in [6.07, 6.45) is 2.08. The van der Waals surface area contributed by atoms with Gasteiger partial charge in [-0.25, -0.2) is 0 Å². The Morgan fingerprint density at radius 2 is 1.94 bits per heavy atom. The molecule has 0 aromatic heterocycles. The van der Waals surface area contributed by atoms with Crippen LogP contribution in [0.4, 0.5) is 0 Å². The number of rotatable bonds is 2. The third kappa shape index (κ3) is 3.31. The van der Waals surface area contributed by atoms with E-state index in [9.17, 15) is 4.79 Å². The van der Waals surface area contributed by atoms with E-state index in [1.54, 1.807) is 18.2 Å². The first-order valence-corrected chi connectivity index (χ1v) is 7.20. The van der Waals surface area contributed by atoms with Crippen molar-refractivity contribution in [1.82, 2.24) is 4.90 Å². The van der Waals surface area contributed by atoms with Crippen LogP contribution in [0.3, 0.4) is 0 Å². The van der Waals surface area contributed by atoms with Crippen molar-refractivity contribution in [3.05, 3.63) is 33.8 Å². The molecule has 1 aliphatic rings. The van der Waals surface area contributed by atoms with Gasteiger partial charge in [0.25, 0.3) is 5.91 Å². The molecule has 0 saturated carbocycles. The highest BCUT2D eigenvalue weighted by molar-refractivity contribution is 6.35. The van der Waals surface area contributed by atoms with Crippen LogP contribution in [0.5, 0.6) is 0 Å². The van der Waals surface area contributed by atoms with Gasteiger partial charge in [0.2, 0.25) is 0 Å². The number of alkyl halides is 1. The summed E-state index contributed by atoms with van der Waals surface area (Å²) in [4.78, 5) is 14.2. The zero-order valence-electron chi connectivity index (χ0n) is 9.83. The molecule has 0 radical (unpaired) electrons. The molecule has 1 aromatic carbocycles.